The van der Waals surface area contributed by atoms with E-state index in [0.717, 1.165) is 18.7 Å². The molecule has 1 atom stereocenters. The van der Waals surface area contributed by atoms with E-state index in [0.29, 0.717) is 19.1 Å². The van der Waals surface area contributed by atoms with E-state index in [1.54, 1.807) is 11.1 Å². The van der Waals surface area contributed by atoms with E-state index in [9.17, 15) is 4.79 Å². The Bertz CT molecular complexity index is 649. The predicted molar refractivity (Wildman–Crippen MR) is 96.2 cm³/mol. The molecular formula is C19H26N4O2. The molecule has 0 bridgehead atoms. The van der Waals surface area contributed by atoms with Gasteiger partial charge in [-0.1, -0.05) is 30.3 Å². The molecule has 1 aromatic carbocycles. The third-order valence-electron chi connectivity index (χ3n) is 4.42. The molecule has 6 nitrogen and oxygen atoms in total. The van der Waals surface area contributed by atoms with Crippen LogP contribution < -0.4 is 5.32 Å². The smallest absolute Gasteiger partial charge is 0.410 e. The second-order valence-electron chi connectivity index (χ2n) is 6.68. The van der Waals surface area contributed by atoms with Crippen molar-refractivity contribution in [1.29, 1.82) is 0 Å². The molecule has 0 unspecified atom stereocenters. The largest absolute Gasteiger partial charge is 0.447 e. The lowest BCUT2D eigenvalue weighted by atomic mass is 10.0. The number of likely N-dealkylation sites (tertiary alicyclic amines) is 1. The van der Waals surface area contributed by atoms with Gasteiger partial charge in [0.05, 0.1) is 12.1 Å². The lowest BCUT2D eigenvalue weighted by molar-refractivity contribution is 0.0674. The molecule has 1 aliphatic heterocycles. The van der Waals surface area contributed by atoms with Crippen molar-refractivity contribution in [3.05, 3.63) is 54.1 Å². The van der Waals surface area contributed by atoms with Gasteiger partial charge in [0.1, 0.15) is 5.82 Å². The number of nitrogens with zero attached hydrogens (tertiary/aromatic N) is 2. The minimum atomic E-state index is -0.209. The van der Waals surface area contributed by atoms with Gasteiger partial charge in [-0.3, -0.25) is 0 Å². The number of H-pyrrole nitrogens is 1. The summed E-state index contributed by atoms with van der Waals surface area (Å²) in [6.07, 6.45) is 5.13. The maximum atomic E-state index is 12.0. The number of rotatable bonds is 5. The summed E-state index contributed by atoms with van der Waals surface area (Å²) in [6.45, 7) is 5.17. The van der Waals surface area contributed by atoms with E-state index in [-0.39, 0.29) is 18.2 Å². The van der Waals surface area contributed by atoms with Gasteiger partial charge in [-0.25, -0.2) is 9.78 Å². The Hall–Kier alpha value is -2.34. The quantitative estimate of drug-likeness (QED) is 0.876. The normalized spacial score (nSPS) is 16.8. The van der Waals surface area contributed by atoms with E-state index in [2.05, 4.69) is 27.4 Å². The first-order chi connectivity index (χ1) is 12.1. The zero-order valence-corrected chi connectivity index (χ0v) is 14.8. The Morgan fingerprint density at radius 3 is 2.60 bits per heavy atom. The molecule has 0 radical (unpaired) electrons. The molecule has 0 saturated carbocycles. The van der Waals surface area contributed by atoms with Crippen molar-refractivity contribution in [2.75, 3.05) is 13.1 Å². The first-order valence-electron chi connectivity index (χ1n) is 8.89. The molecule has 3 rings (SSSR count). The van der Waals surface area contributed by atoms with Gasteiger partial charge in [-0.15, -0.1) is 0 Å². The topological polar surface area (TPSA) is 70.2 Å². The van der Waals surface area contributed by atoms with Crippen molar-refractivity contribution in [2.45, 2.75) is 44.9 Å². The van der Waals surface area contributed by atoms with Crippen LogP contribution in [-0.2, 0) is 4.74 Å². The van der Waals surface area contributed by atoms with Crippen LogP contribution in [0.5, 0.6) is 0 Å². The van der Waals surface area contributed by atoms with Crippen LogP contribution in [0, 0.1) is 0 Å². The summed E-state index contributed by atoms with van der Waals surface area (Å²) in [5.74, 6) is 0.910. The Labute approximate surface area is 148 Å². The van der Waals surface area contributed by atoms with Crippen LogP contribution in [-0.4, -0.2) is 46.2 Å². The maximum absolute atomic E-state index is 12.0. The van der Waals surface area contributed by atoms with Crippen LogP contribution in [0.2, 0.25) is 0 Å². The van der Waals surface area contributed by atoms with Gasteiger partial charge < -0.3 is 19.9 Å². The first kappa shape index (κ1) is 17.5. The molecule has 2 heterocycles. The van der Waals surface area contributed by atoms with Crippen molar-refractivity contribution < 1.29 is 9.53 Å². The number of aromatic nitrogens is 2. The molecule has 2 aromatic rings. The molecule has 6 heteroatoms. The predicted octanol–water partition coefficient (Wildman–Crippen LogP) is 3.10. The number of carbonyl (C=O) groups excluding carboxylic acids is 1. The van der Waals surface area contributed by atoms with Gasteiger partial charge in [0.15, 0.2) is 0 Å². The standard InChI is InChI=1S/C19H26N4O2/c1-14(2)25-19(24)23-12-8-16(9-13-23)22-17(18-20-10-11-21-18)15-6-4-3-5-7-15/h3-7,10-11,14,16-17,22H,8-9,12-13H2,1-2H3,(H,20,21)/t17-/m1/s1. The molecule has 1 amide bonds. The van der Waals surface area contributed by atoms with Crippen molar-refractivity contribution in [1.82, 2.24) is 20.2 Å². The van der Waals surface area contributed by atoms with Crippen LogP contribution in [0.1, 0.15) is 44.1 Å². The number of aromatic amines is 1. The van der Waals surface area contributed by atoms with Crippen molar-refractivity contribution in [3.8, 4) is 0 Å². The van der Waals surface area contributed by atoms with Gasteiger partial charge in [0, 0.05) is 31.5 Å². The van der Waals surface area contributed by atoms with E-state index < -0.39 is 0 Å². The number of carbonyl (C=O) groups is 1. The number of piperidine rings is 1. The van der Waals surface area contributed by atoms with Crippen LogP contribution in [0.4, 0.5) is 4.79 Å². The van der Waals surface area contributed by atoms with Gasteiger partial charge in [0.25, 0.3) is 0 Å². The fourth-order valence-corrected chi connectivity index (χ4v) is 3.15. The van der Waals surface area contributed by atoms with Crippen LogP contribution >= 0.6 is 0 Å². The van der Waals surface area contributed by atoms with Crippen molar-refractivity contribution in [3.63, 3.8) is 0 Å². The van der Waals surface area contributed by atoms with E-state index in [1.807, 2.05) is 38.2 Å². The van der Waals surface area contributed by atoms with Crippen LogP contribution in [0.3, 0.4) is 0 Å². The molecule has 25 heavy (non-hydrogen) atoms. The van der Waals surface area contributed by atoms with Crippen LogP contribution in [0.25, 0.3) is 0 Å². The molecule has 0 aliphatic carbocycles. The Morgan fingerprint density at radius 2 is 2.00 bits per heavy atom. The number of amides is 1. The molecular weight excluding hydrogens is 316 g/mol. The summed E-state index contributed by atoms with van der Waals surface area (Å²) < 4.78 is 5.29. The minimum absolute atomic E-state index is 0.0235. The highest BCUT2D eigenvalue weighted by molar-refractivity contribution is 5.67. The van der Waals surface area contributed by atoms with Crippen molar-refractivity contribution >= 4 is 6.09 Å². The van der Waals surface area contributed by atoms with Gasteiger partial charge in [-0.05, 0) is 32.3 Å². The lowest BCUT2D eigenvalue weighted by Gasteiger charge is -2.34. The SMILES string of the molecule is CC(C)OC(=O)N1CCC(N[C@H](c2ccccc2)c2ncc[nH]2)CC1. The highest BCUT2D eigenvalue weighted by Gasteiger charge is 2.27. The summed E-state index contributed by atoms with van der Waals surface area (Å²) in [4.78, 5) is 21.5. The van der Waals surface area contributed by atoms with Gasteiger partial charge in [0.2, 0.25) is 0 Å². The molecule has 1 saturated heterocycles. The second-order valence-corrected chi connectivity index (χ2v) is 6.68. The summed E-state index contributed by atoms with van der Waals surface area (Å²) in [7, 11) is 0. The maximum Gasteiger partial charge on any atom is 0.410 e. The Balaban J connectivity index is 1.62. The summed E-state index contributed by atoms with van der Waals surface area (Å²) in [6, 6.07) is 10.7. The fourth-order valence-electron chi connectivity index (χ4n) is 3.15. The highest BCUT2D eigenvalue weighted by Crippen LogP contribution is 2.22. The first-order valence-corrected chi connectivity index (χ1v) is 8.89. The van der Waals surface area contributed by atoms with E-state index in [1.165, 1.54) is 5.56 Å². The molecule has 134 valence electrons. The average molecular weight is 342 g/mol. The zero-order valence-electron chi connectivity index (χ0n) is 14.8. The fraction of sp³-hybridized carbons (Fsp3) is 0.474. The number of hydrogen-bond acceptors (Lipinski definition) is 4. The highest BCUT2D eigenvalue weighted by atomic mass is 16.6. The average Bonchev–Trinajstić information content (AvgIpc) is 3.14. The summed E-state index contributed by atoms with van der Waals surface area (Å²) >= 11 is 0. The van der Waals surface area contributed by atoms with Gasteiger partial charge >= 0.3 is 6.09 Å². The molecule has 1 fully saturated rings. The minimum Gasteiger partial charge on any atom is -0.447 e. The zero-order chi connectivity index (χ0) is 17.6. The lowest BCUT2D eigenvalue weighted by Crippen LogP contribution is -2.46. The summed E-state index contributed by atoms with van der Waals surface area (Å²) in [5, 5.41) is 3.70. The summed E-state index contributed by atoms with van der Waals surface area (Å²) in [5.41, 5.74) is 1.18. The van der Waals surface area contributed by atoms with Crippen molar-refractivity contribution in [2.24, 2.45) is 0 Å². The van der Waals surface area contributed by atoms with Gasteiger partial charge in [-0.2, -0.15) is 0 Å². The molecule has 1 aromatic heterocycles. The number of ether oxygens (including phenoxy) is 1. The third kappa shape index (κ3) is 4.60. The number of nitrogens with one attached hydrogen (secondary N) is 2. The number of hydrogen-bond donors (Lipinski definition) is 2. The number of imidazole rings is 1. The third-order valence-corrected chi connectivity index (χ3v) is 4.42. The van der Waals surface area contributed by atoms with E-state index >= 15 is 0 Å². The van der Waals surface area contributed by atoms with E-state index in [4.69, 9.17) is 4.74 Å². The van der Waals surface area contributed by atoms with Crippen LogP contribution in [0.15, 0.2) is 42.7 Å². The molecule has 1 aliphatic rings. The Kier molecular flexibility index (Phi) is 5.71. The second kappa shape index (κ2) is 8.16. The monoisotopic (exact) mass is 342 g/mol. The number of benzene rings is 1. The molecule has 0 spiro atoms. The Morgan fingerprint density at radius 1 is 1.28 bits per heavy atom. The molecule has 2 N–H and O–H groups in total.